The summed E-state index contributed by atoms with van der Waals surface area (Å²) in [5, 5.41) is 9.50. The molecule has 0 aromatic carbocycles. The molecule has 6 heteroatoms. The van der Waals surface area contributed by atoms with Gasteiger partial charge < -0.3 is 16.0 Å². The Hall–Kier alpha value is -1.85. The zero-order valence-electron chi connectivity index (χ0n) is 13.1. The van der Waals surface area contributed by atoms with E-state index in [1.807, 2.05) is 20.8 Å². The van der Waals surface area contributed by atoms with Crippen molar-refractivity contribution in [3.63, 3.8) is 0 Å². The Bertz CT molecular complexity index is 499. The SMILES string of the molecule is CCNc1nc(CC)nc(NCCC(=O)NC2CC2)c1C. The topological polar surface area (TPSA) is 78.9 Å². The van der Waals surface area contributed by atoms with E-state index in [0.29, 0.717) is 19.0 Å². The number of carbonyl (C=O) groups excluding carboxylic acids is 1. The van der Waals surface area contributed by atoms with Gasteiger partial charge in [0.2, 0.25) is 5.91 Å². The van der Waals surface area contributed by atoms with Gasteiger partial charge in [-0.25, -0.2) is 9.97 Å². The van der Waals surface area contributed by atoms with Crippen LogP contribution in [0.1, 0.15) is 44.5 Å². The summed E-state index contributed by atoms with van der Waals surface area (Å²) in [6, 6.07) is 0.422. The summed E-state index contributed by atoms with van der Waals surface area (Å²) >= 11 is 0. The maximum absolute atomic E-state index is 11.7. The molecular weight excluding hydrogens is 266 g/mol. The van der Waals surface area contributed by atoms with Crippen LogP contribution in [0.2, 0.25) is 0 Å². The summed E-state index contributed by atoms with van der Waals surface area (Å²) in [6.07, 6.45) is 3.50. The van der Waals surface area contributed by atoms with Gasteiger partial charge in [0.1, 0.15) is 17.5 Å². The summed E-state index contributed by atoms with van der Waals surface area (Å²) in [6.45, 7) is 7.48. The van der Waals surface area contributed by atoms with Gasteiger partial charge in [0.05, 0.1) is 0 Å². The zero-order valence-corrected chi connectivity index (χ0v) is 13.1. The smallest absolute Gasteiger partial charge is 0.221 e. The number of aromatic nitrogens is 2. The van der Waals surface area contributed by atoms with Crippen molar-refractivity contribution in [1.82, 2.24) is 15.3 Å². The van der Waals surface area contributed by atoms with Crippen LogP contribution in [-0.4, -0.2) is 35.0 Å². The minimum Gasteiger partial charge on any atom is -0.370 e. The molecular formula is C15H25N5O. The Morgan fingerprint density at radius 2 is 1.86 bits per heavy atom. The number of amides is 1. The van der Waals surface area contributed by atoms with Crippen molar-refractivity contribution in [3.05, 3.63) is 11.4 Å². The molecule has 21 heavy (non-hydrogen) atoms. The summed E-state index contributed by atoms with van der Waals surface area (Å²) in [7, 11) is 0. The summed E-state index contributed by atoms with van der Waals surface area (Å²) < 4.78 is 0. The highest BCUT2D eigenvalue weighted by molar-refractivity contribution is 5.77. The van der Waals surface area contributed by atoms with Crippen LogP contribution >= 0.6 is 0 Å². The van der Waals surface area contributed by atoms with Gasteiger partial charge >= 0.3 is 0 Å². The van der Waals surface area contributed by atoms with E-state index in [9.17, 15) is 4.79 Å². The minimum absolute atomic E-state index is 0.110. The van der Waals surface area contributed by atoms with E-state index in [2.05, 4.69) is 25.9 Å². The van der Waals surface area contributed by atoms with Gasteiger partial charge in [0.15, 0.2) is 0 Å². The molecule has 1 aliphatic carbocycles. The van der Waals surface area contributed by atoms with Gasteiger partial charge in [-0.2, -0.15) is 0 Å². The highest BCUT2D eigenvalue weighted by Crippen LogP contribution is 2.20. The largest absolute Gasteiger partial charge is 0.370 e. The van der Waals surface area contributed by atoms with Crippen LogP contribution in [0.5, 0.6) is 0 Å². The molecule has 1 fully saturated rings. The van der Waals surface area contributed by atoms with Crippen LogP contribution in [0.3, 0.4) is 0 Å². The van der Waals surface area contributed by atoms with Gasteiger partial charge in [0.25, 0.3) is 0 Å². The second-order valence-corrected chi connectivity index (χ2v) is 5.36. The van der Waals surface area contributed by atoms with Crippen molar-refractivity contribution in [2.24, 2.45) is 0 Å². The van der Waals surface area contributed by atoms with Crippen molar-refractivity contribution < 1.29 is 4.79 Å². The average Bonchev–Trinajstić information content (AvgIpc) is 3.26. The van der Waals surface area contributed by atoms with Gasteiger partial charge in [-0.3, -0.25) is 4.79 Å². The molecule has 1 saturated carbocycles. The molecule has 0 spiro atoms. The second-order valence-electron chi connectivity index (χ2n) is 5.36. The highest BCUT2D eigenvalue weighted by Gasteiger charge is 2.22. The monoisotopic (exact) mass is 291 g/mol. The van der Waals surface area contributed by atoms with Crippen LogP contribution in [0.15, 0.2) is 0 Å². The second kappa shape index (κ2) is 7.24. The number of rotatable bonds is 8. The number of hydrogen-bond acceptors (Lipinski definition) is 5. The Morgan fingerprint density at radius 3 is 2.43 bits per heavy atom. The summed E-state index contributed by atoms with van der Waals surface area (Å²) in [4.78, 5) is 20.7. The molecule has 2 rings (SSSR count). The van der Waals surface area contributed by atoms with Crippen LogP contribution in [0.25, 0.3) is 0 Å². The molecule has 0 unspecified atom stereocenters. The van der Waals surface area contributed by atoms with Crippen molar-refractivity contribution in [2.75, 3.05) is 23.7 Å². The molecule has 6 nitrogen and oxygen atoms in total. The standard InChI is InChI=1S/C15H25N5O/c1-4-12-19-14(16-5-2)10(3)15(20-12)17-9-8-13(21)18-11-6-7-11/h11H,4-9H2,1-3H3,(H,18,21)(H2,16,17,19,20). The van der Waals surface area contributed by atoms with Crippen LogP contribution in [0, 0.1) is 6.92 Å². The van der Waals surface area contributed by atoms with E-state index < -0.39 is 0 Å². The van der Waals surface area contributed by atoms with Gasteiger partial charge in [-0.15, -0.1) is 0 Å². The molecule has 0 aliphatic heterocycles. The Labute approximate surface area is 126 Å². The van der Waals surface area contributed by atoms with Crippen molar-refractivity contribution in [2.45, 2.75) is 52.5 Å². The first kappa shape index (κ1) is 15.5. The zero-order chi connectivity index (χ0) is 15.2. The fourth-order valence-electron chi connectivity index (χ4n) is 2.05. The van der Waals surface area contributed by atoms with E-state index in [1.54, 1.807) is 0 Å². The third kappa shape index (κ3) is 4.58. The van der Waals surface area contributed by atoms with Gasteiger partial charge in [-0.1, -0.05) is 6.92 Å². The normalized spacial score (nSPS) is 13.9. The highest BCUT2D eigenvalue weighted by atomic mass is 16.1. The third-order valence-corrected chi connectivity index (χ3v) is 3.44. The van der Waals surface area contributed by atoms with E-state index in [-0.39, 0.29) is 5.91 Å². The van der Waals surface area contributed by atoms with Crippen molar-refractivity contribution in [3.8, 4) is 0 Å². The lowest BCUT2D eigenvalue weighted by molar-refractivity contribution is -0.120. The number of nitrogens with zero attached hydrogens (tertiary/aromatic N) is 2. The first-order chi connectivity index (χ1) is 10.1. The molecule has 0 saturated heterocycles. The first-order valence-corrected chi connectivity index (χ1v) is 7.78. The Balaban J connectivity index is 1.93. The summed E-state index contributed by atoms with van der Waals surface area (Å²) in [5.41, 5.74) is 0.997. The first-order valence-electron chi connectivity index (χ1n) is 7.78. The molecule has 1 amide bonds. The lowest BCUT2D eigenvalue weighted by atomic mass is 10.2. The maximum Gasteiger partial charge on any atom is 0.221 e. The van der Waals surface area contributed by atoms with Crippen LogP contribution in [0.4, 0.5) is 11.6 Å². The predicted octanol–water partition coefficient (Wildman–Crippen LogP) is 1.86. The molecule has 0 bridgehead atoms. The number of aryl methyl sites for hydroxylation is 1. The Kier molecular flexibility index (Phi) is 5.36. The maximum atomic E-state index is 11.7. The minimum atomic E-state index is 0.110. The van der Waals surface area contributed by atoms with E-state index in [1.165, 1.54) is 0 Å². The van der Waals surface area contributed by atoms with Crippen LogP contribution in [-0.2, 0) is 11.2 Å². The lowest BCUT2D eigenvalue weighted by Gasteiger charge is -2.14. The number of hydrogen-bond donors (Lipinski definition) is 3. The Morgan fingerprint density at radius 1 is 1.19 bits per heavy atom. The molecule has 1 aromatic rings. The molecule has 1 aliphatic rings. The number of anilines is 2. The number of carbonyl (C=O) groups is 1. The van der Waals surface area contributed by atoms with Gasteiger partial charge in [0, 0.05) is 37.5 Å². The fourth-order valence-corrected chi connectivity index (χ4v) is 2.05. The lowest BCUT2D eigenvalue weighted by Crippen LogP contribution is -2.27. The van der Waals surface area contributed by atoms with Crippen LogP contribution < -0.4 is 16.0 Å². The molecule has 116 valence electrons. The predicted molar refractivity (Wildman–Crippen MR) is 84.6 cm³/mol. The van der Waals surface area contributed by atoms with Gasteiger partial charge in [-0.05, 0) is 26.7 Å². The summed E-state index contributed by atoms with van der Waals surface area (Å²) in [5.74, 6) is 2.60. The van der Waals surface area contributed by atoms with Crippen molar-refractivity contribution >= 4 is 17.5 Å². The molecule has 0 radical (unpaired) electrons. The third-order valence-electron chi connectivity index (χ3n) is 3.44. The molecule has 3 N–H and O–H groups in total. The van der Waals surface area contributed by atoms with Crippen molar-refractivity contribution in [1.29, 1.82) is 0 Å². The van der Waals surface area contributed by atoms with E-state index in [4.69, 9.17) is 0 Å². The van der Waals surface area contributed by atoms with E-state index >= 15 is 0 Å². The molecule has 0 atom stereocenters. The number of nitrogens with one attached hydrogen (secondary N) is 3. The molecule has 1 heterocycles. The fraction of sp³-hybridized carbons (Fsp3) is 0.667. The average molecular weight is 291 g/mol. The quantitative estimate of drug-likeness (QED) is 0.681. The van der Waals surface area contributed by atoms with E-state index in [0.717, 1.165) is 48.8 Å². The molecule has 1 aromatic heterocycles.